The van der Waals surface area contributed by atoms with E-state index in [1.165, 1.54) is 22.3 Å². The Morgan fingerprint density at radius 1 is 0.655 bits per heavy atom. The van der Waals surface area contributed by atoms with Crippen LogP contribution in [0.25, 0.3) is 0 Å². The first-order valence-electron chi connectivity index (χ1n) is 9.26. The third-order valence-electron chi connectivity index (χ3n) is 5.41. The van der Waals surface area contributed by atoms with Crippen molar-refractivity contribution >= 4 is 0 Å². The summed E-state index contributed by atoms with van der Waals surface area (Å²) >= 11 is 0. The molecule has 0 aliphatic carbocycles. The van der Waals surface area contributed by atoms with Crippen molar-refractivity contribution in [3.63, 3.8) is 0 Å². The van der Waals surface area contributed by atoms with Crippen LogP contribution in [0.15, 0.2) is 78.9 Å². The van der Waals surface area contributed by atoms with Crippen molar-refractivity contribution in [1.82, 2.24) is 0 Å². The second-order valence-electron chi connectivity index (χ2n) is 8.28. The standard InChI is InChI=1S/C25H29.3ClH.Ti/c1-19(2)22-17-12-18-23(22)25(24(3,4)5,20-13-8-6-9-14-20)21-15-10-7-11-16-21;;;;/h6-19H,1-5H3;3*1H;/q-1;;;;+4/p-3. The zero-order chi connectivity index (χ0) is 18.1. The molecule has 3 aromatic carbocycles. The van der Waals surface area contributed by atoms with E-state index < -0.39 is 0 Å². The molecule has 0 unspecified atom stereocenters. The summed E-state index contributed by atoms with van der Waals surface area (Å²) < 4.78 is 0. The summed E-state index contributed by atoms with van der Waals surface area (Å²) in [7, 11) is 0. The molecular formula is C25H29Cl3Ti. The van der Waals surface area contributed by atoms with Gasteiger partial charge in [0.25, 0.3) is 0 Å². The maximum Gasteiger partial charge on any atom is 4.00 e. The molecule has 0 N–H and O–H groups in total. The summed E-state index contributed by atoms with van der Waals surface area (Å²) in [4.78, 5) is 0. The van der Waals surface area contributed by atoms with Gasteiger partial charge >= 0.3 is 21.7 Å². The molecule has 3 aromatic rings. The van der Waals surface area contributed by atoms with E-state index in [0.29, 0.717) is 5.92 Å². The molecule has 0 nitrogen and oxygen atoms in total. The van der Waals surface area contributed by atoms with E-state index in [1.54, 1.807) is 0 Å². The van der Waals surface area contributed by atoms with Crippen molar-refractivity contribution in [3.05, 3.63) is 101 Å². The first kappa shape index (κ1) is 30.6. The van der Waals surface area contributed by atoms with E-state index in [-0.39, 0.29) is 69.8 Å². The normalized spacial score (nSPS) is 10.8. The van der Waals surface area contributed by atoms with E-state index in [0.717, 1.165) is 0 Å². The maximum atomic E-state index is 2.37. The van der Waals surface area contributed by atoms with Crippen molar-refractivity contribution in [2.75, 3.05) is 0 Å². The number of hydrogen-bond acceptors (Lipinski definition) is 0. The van der Waals surface area contributed by atoms with Crippen molar-refractivity contribution < 1.29 is 58.9 Å². The van der Waals surface area contributed by atoms with Gasteiger partial charge in [0.05, 0.1) is 0 Å². The minimum absolute atomic E-state index is 0. The zero-order valence-corrected chi connectivity index (χ0v) is 21.5. The fourth-order valence-electron chi connectivity index (χ4n) is 4.40. The largest absolute Gasteiger partial charge is 4.00 e. The molecule has 0 aromatic heterocycles. The molecule has 0 saturated heterocycles. The third-order valence-corrected chi connectivity index (χ3v) is 5.41. The van der Waals surface area contributed by atoms with Crippen LogP contribution < -0.4 is 37.2 Å². The van der Waals surface area contributed by atoms with Crippen LogP contribution in [0.5, 0.6) is 0 Å². The molecule has 4 heteroatoms. The predicted molar refractivity (Wildman–Crippen MR) is 108 cm³/mol. The minimum Gasteiger partial charge on any atom is -1.00 e. The predicted octanol–water partition coefficient (Wildman–Crippen LogP) is -2.08. The Balaban J connectivity index is 0. The summed E-state index contributed by atoms with van der Waals surface area (Å²) in [6.45, 7) is 11.7. The molecule has 0 heterocycles. The zero-order valence-electron chi connectivity index (χ0n) is 17.7. The van der Waals surface area contributed by atoms with Gasteiger partial charge in [0.2, 0.25) is 0 Å². The number of halogens is 3. The third kappa shape index (κ3) is 5.55. The van der Waals surface area contributed by atoms with Crippen LogP contribution in [0, 0.1) is 5.41 Å². The first-order valence-corrected chi connectivity index (χ1v) is 9.26. The number of hydrogen-bond donors (Lipinski definition) is 0. The van der Waals surface area contributed by atoms with Gasteiger partial charge in [-0.1, -0.05) is 95.3 Å². The van der Waals surface area contributed by atoms with Gasteiger partial charge in [-0.25, -0.2) is 12.1 Å². The summed E-state index contributed by atoms with van der Waals surface area (Å²) in [5.41, 5.74) is 5.45. The molecule has 0 aliphatic heterocycles. The van der Waals surface area contributed by atoms with Gasteiger partial charge in [0, 0.05) is 5.41 Å². The number of benzene rings is 2. The molecule has 0 aliphatic rings. The fourth-order valence-corrected chi connectivity index (χ4v) is 4.40. The molecule has 154 valence electrons. The van der Waals surface area contributed by atoms with E-state index in [9.17, 15) is 0 Å². The van der Waals surface area contributed by atoms with Crippen molar-refractivity contribution in [3.8, 4) is 0 Å². The van der Waals surface area contributed by atoms with Gasteiger partial charge in [0.1, 0.15) is 0 Å². The van der Waals surface area contributed by atoms with Gasteiger partial charge in [-0.05, 0) is 22.5 Å². The molecule has 0 amide bonds. The SMILES string of the molecule is CC(C)c1ccc[c-]1C(c1ccccc1)(c1ccccc1)C(C)(C)C.[Cl-].[Cl-].[Cl-].[Ti+4]. The molecular weight excluding hydrogens is 455 g/mol. The van der Waals surface area contributed by atoms with Crippen LogP contribution in [0.4, 0.5) is 0 Å². The quantitative estimate of drug-likeness (QED) is 0.295. The van der Waals surface area contributed by atoms with Crippen molar-refractivity contribution in [1.29, 1.82) is 0 Å². The molecule has 0 spiro atoms. The fraction of sp³-hybridized carbons (Fsp3) is 0.320. The smallest absolute Gasteiger partial charge is 1.00 e. The van der Waals surface area contributed by atoms with Crippen molar-refractivity contribution in [2.45, 2.75) is 46.0 Å². The monoisotopic (exact) mass is 482 g/mol. The van der Waals surface area contributed by atoms with E-state index >= 15 is 0 Å². The van der Waals surface area contributed by atoms with Crippen LogP contribution in [0.3, 0.4) is 0 Å². The van der Waals surface area contributed by atoms with Crippen molar-refractivity contribution in [2.24, 2.45) is 5.41 Å². The first-order chi connectivity index (χ1) is 11.9. The Hall–Kier alpha value is -0.626. The number of rotatable bonds is 4. The average Bonchev–Trinajstić information content (AvgIpc) is 3.06. The van der Waals surface area contributed by atoms with E-state index in [2.05, 4.69) is 113 Å². The summed E-state index contributed by atoms with van der Waals surface area (Å²) in [6.07, 6.45) is 0. The van der Waals surface area contributed by atoms with Gasteiger partial charge in [-0.15, -0.1) is 5.56 Å². The second-order valence-corrected chi connectivity index (χ2v) is 8.28. The Kier molecular flexibility index (Phi) is 12.9. The second kappa shape index (κ2) is 12.3. The Morgan fingerprint density at radius 2 is 1.07 bits per heavy atom. The maximum absolute atomic E-state index is 2.37. The van der Waals surface area contributed by atoms with Gasteiger partial charge in [-0.2, -0.15) is 11.6 Å². The van der Waals surface area contributed by atoms with E-state index in [4.69, 9.17) is 0 Å². The topological polar surface area (TPSA) is 0 Å². The molecule has 3 rings (SSSR count). The minimum atomic E-state index is -0.182. The van der Waals surface area contributed by atoms with Gasteiger partial charge < -0.3 is 37.2 Å². The summed E-state index contributed by atoms with van der Waals surface area (Å²) in [5.74, 6) is 0.499. The van der Waals surface area contributed by atoms with Crippen LogP contribution in [0.2, 0.25) is 0 Å². The van der Waals surface area contributed by atoms with Gasteiger partial charge in [0.15, 0.2) is 0 Å². The molecule has 0 saturated carbocycles. The summed E-state index contributed by atoms with van der Waals surface area (Å²) in [6, 6.07) is 28.9. The molecule has 0 fully saturated rings. The van der Waals surface area contributed by atoms with Crippen LogP contribution >= 0.6 is 0 Å². The molecule has 0 bridgehead atoms. The van der Waals surface area contributed by atoms with E-state index in [1.807, 2.05) is 0 Å². The Bertz CT molecular complexity index is 779. The molecule has 0 radical (unpaired) electrons. The van der Waals surface area contributed by atoms with Gasteiger partial charge in [-0.3, -0.25) is 0 Å². The average molecular weight is 484 g/mol. The Morgan fingerprint density at radius 3 is 1.41 bits per heavy atom. The van der Waals surface area contributed by atoms with Crippen LogP contribution in [-0.4, -0.2) is 0 Å². The summed E-state index contributed by atoms with van der Waals surface area (Å²) in [5, 5.41) is 0. The molecule has 0 atom stereocenters. The van der Waals surface area contributed by atoms with Crippen LogP contribution in [-0.2, 0) is 27.1 Å². The Labute approximate surface area is 210 Å². The molecule has 29 heavy (non-hydrogen) atoms. The van der Waals surface area contributed by atoms with Crippen LogP contribution in [0.1, 0.15) is 62.8 Å².